The Bertz CT molecular complexity index is 915. The number of hydrogen-bond donors (Lipinski definition) is 1. The Kier molecular flexibility index (Phi) is 5.12. The van der Waals surface area contributed by atoms with Crippen LogP contribution < -0.4 is 10.5 Å². The van der Waals surface area contributed by atoms with Crippen molar-refractivity contribution in [1.82, 2.24) is 9.78 Å². The molecule has 0 unspecified atom stereocenters. The molecule has 2 rings (SSSR count). The highest BCUT2D eigenvalue weighted by atomic mass is 32.2. The maximum absolute atomic E-state index is 12.6. The van der Waals surface area contributed by atoms with Crippen LogP contribution in [0.2, 0.25) is 0 Å². The first-order valence-electron chi connectivity index (χ1n) is 7.15. The van der Waals surface area contributed by atoms with Gasteiger partial charge in [-0.05, 0) is 31.2 Å². The number of rotatable bonds is 5. The number of anilines is 1. The highest BCUT2D eigenvalue weighted by Gasteiger charge is 2.31. The summed E-state index contributed by atoms with van der Waals surface area (Å²) >= 11 is 0. The predicted molar refractivity (Wildman–Crippen MR) is 88.4 cm³/mol. The number of carbonyl (C=O) groups excluding carboxylic acids is 2. The van der Waals surface area contributed by atoms with Crippen molar-refractivity contribution in [3.63, 3.8) is 0 Å². The van der Waals surface area contributed by atoms with Crippen molar-refractivity contribution in [2.45, 2.75) is 11.9 Å². The van der Waals surface area contributed by atoms with E-state index in [9.17, 15) is 18.0 Å². The number of hydrogen-bond acceptors (Lipinski definition) is 8. The summed E-state index contributed by atoms with van der Waals surface area (Å²) in [7, 11) is -2.43. The summed E-state index contributed by atoms with van der Waals surface area (Å²) in [5, 5.41) is 3.12. The summed E-state index contributed by atoms with van der Waals surface area (Å²) in [6.07, 6.45) is 0.861. The van der Waals surface area contributed by atoms with Gasteiger partial charge in [-0.15, -0.1) is 0 Å². The van der Waals surface area contributed by atoms with Gasteiger partial charge in [-0.25, -0.2) is 13.2 Å². The van der Waals surface area contributed by atoms with Gasteiger partial charge in [0, 0.05) is 11.8 Å². The lowest BCUT2D eigenvalue weighted by Crippen LogP contribution is -2.17. The minimum absolute atomic E-state index is 0.0130. The van der Waals surface area contributed by atoms with E-state index in [1.54, 1.807) is 19.1 Å². The average molecular weight is 367 g/mol. The molecule has 0 atom stereocenters. The largest absolute Gasteiger partial charge is 0.497 e. The van der Waals surface area contributed by atoms with Crippen LogP contribution in [0.25, 0.3) is 0 Å². The number of aromatic nitrogens is 2. The Morgan fingerprint density at radius 1 is 1.24 bits per heavy atom. The number of methoxy groups -OCH3 is 1. The van der Waals surface area contributed by atoms with E-state index in [2.05, 4.69) is 5.10 Å². The molecule has 0 saturated heterocycles. The first kappa shape index (κ1) is 18.5. The molecule has 9 nitrogen and oxygen atoms in total. The first-order chi connectivity index (χ1) is 11.7. The van der Waals surface area contributed by atoms with Crippen molar-refractivity contribution in [1.29, 1.82) is 0 Å². The van der Waals surface area contributed by atoms with Gasteiger partial charge < -0.3 is 15.2 Å². The van der Waals surface area contributed by atoms with Crippen LogP contribution >= 0.6 is 0 Å². The zero-order chi connectivity index (χ0) is 18.8. The average Bonchev–Trinajstić information content (AvgIpc) is 2.92. The quantitative estimate of drug-likeness (QED) is 0.766. The zero-order valence-corrected chi connectivity index (χ0v) is 14.7. The number of benzene rings is 1. The molecule has 134 valence electrons. The molecule has 0 aliphatic heterocycles. The molecule has 0 amide bonds. The lowest BCUT2D eigenvalue weighted by atomic mass is 10.2. The number of nitrogens with zero attached hydrogens (tertiary/aromatic N) is 2. The highest BCUT2D eigenvalue weighted by Crippen LogP contribution is 2.24. The third-order valence-corrected chi connectivity index (χ3v) is 4.24. The van der Waals surface area contributed by atoms with Crippen LogP contribution in [0.15, 0.2) is 29.3 Å². The molecular formula is C15H17N3O6S. The van der Waals surface area contributed by atoms with E-state index in [1.807, 2.05) is 0 Å². The summed E-state index contributed by atoms with van der Waals surface area (Å²) in [5.41, 5.74) is 5.55. The molecule has 1 heterocycles. The SMILES string of the molecule is CCOC(=O)c1c(S(C)(=O)=O)nn(C(=O)c2ccc(OC)cc2)c1N. The van der Waals surface area contributed by atoms with Gasteiger partial charge >= 0.3 is 5.97 Å². The van der Waals surface area contributed by atoms with Crippen molar-refractivity contribution in [2.24, 2.45) is 0 Å². The van der Waals surface area contributed by atoms with Crippen molar-refractivity contribution >= 4 is 27.5 Å². The number of carbonyl (C=O) groups is 2. The van der Waals surface area contributed by atoms with Gasteiger partial charge in [-0.2, -0.15) is 9.78 Å². The van der Waals surface area contributed by atoms with E-state index < -0.39 is 38.1 Å². The second kappa shape index (κ2) is 6.93. The van der Waals surface area contributed by atoms with Crippen LogP contribution in [-0.4, -0.2) is 50.0 Å². The van der Waals surface area contributed by atoms with Crippen LogP contribution in [0.4, 0.5) is 5.82 Å². The van der Waals surface area contributed by atoms with E-state index in [0.717, 1.165) is 6.26 Å². The molecule has 0 aliphatic carbocycles. The Morgan fingerprint density at radius 3 is 2.32 bits per heavy atom. The fourth-order valence-electron chi connectivity index (χ4n) is 2.08. The van der Waals surface area contributed by atoms with Crippen LogP contribution in [-0.2, 0) is 14.6 Å². The summed E-state index contributed by atoms with van der Waals surface area (Å²) in [4.78, 5) is 24.6. The van der Waals surface area contributed by atoms with Gasteiger partial charge in [-0.3, -0.25) is 4.79 Å². The Balaban J connectivity index is 2.58. The summed E-state index contributed by atoms with van der Waals surface area (Å²) in [5.74, 6) is -1.52. The van der Waals surface area contributed by atoms with Crippen LogP contribution in [0, 0.1) is 0 Å². The Hall–Kier alpha value is -2.88. The maximum atomic E-state index is 12.6. The van der Waals surface area contributed by atoms with Crippen LogP contribution in [0.5, 0.6) is 5.75 Å². The van der Waals surface area contributed by atoms with E-state index in [1.165, 1.54) is 19.2 Å². The summed E-state index contributed by atoms with van der Waals surface area (Å²) < 4.78 is 34.3. The van der Waals surface area contributed by atoms with Gasteiger partial charge in [-0.1, -0.05) is 0 Å². The molecule has 2 aromatic rings. The minimum Gasteiger partial charge on any atom is -0.497 e. The van der Waals surface area contributed by atoms with Gasteiger partial charge in [0.1, 0.15) is 17.1 Å². The second-order valence-electron chi connectivity index (χ2n) is 5.00. The van der Waals surface area contributed by atoms with Gasteiger partial charge in [0.05, 0.1) is 13.7 Å². The van der Waals surface area contributed by atoms with Crippen LogP contribution in [0.1, 0.15) is 27.6 Å². The van der Waals surface area contributed by atoms with E-state index in [4.69, 9.17) is 15.2 Å². The van der Waals surface area contributed by atoms with E-state index in [-0.39, 0.29) is 12.2 Å². The second-order valence-corrected chi connectivity index (χ2v) is 6.93. The molecular weight excluding hydrogens is 350 g/mol. The molecule has 0 radical (unpaired) electrons. The molecule has 2 N–H and O–H groups in total. The number of nitrogen functional groups attached to an aromatic ring is 1. The summed E-state index contributed by atoms with van der Waals surface area (Å²) in [6.45, 7) is 1.57. The lowest BCUT2D eigenvalue weighted by molar-refractivity contribution is 0.0523. The predicted octanol–water partition coefficient (Wildman–Crippen LogP) is 0.743. The molecule has 10 heteroatoms. The number of esters is 1. The van der Waals surface area contributed by atoms with Crippen molar-refractivity contribution in [2.75, 3.05) is 25.7 Å². The molecule has 0 aliphatic rings. The Labute approximate surface area is 144 Å². The van der Waals surface area contributed by atoms with Crippen LogP contribution in [0.3, 0.4) is 0 Å². The standard InChI is InChI=1S/C15H17N3O6S/c1-4-24-15(20)11-12(16)18(17-13(11)25(3,21)22)14(19)9-5-7-10(23-2)8-6-9/h5-8H,4,16H2,1-3H3. The monoisotopic (exact) mass is 367 g/mol. The lowest BCUT2D eigenvalue weighted by Gasteiger charge is -2.05. The fourth-order valence-corrected chi connectivity index (χ4v) is 2.86. The van der Waals surface area contributed by atoms with E-state index >= 15 is 0 Å². The molecule has 1 aromatic heterocycles. The molecule has 1 aromatic carbocycles. The smallest absolute Gasteiger partial charge is 0.344 e. The first-order valence-corrected chi connectivity index (χ1v) is 9.04. The molecule has 0 fully saturated rings. The van der Waals surface area contributed by atoms with Gasteiger partial charge in [0.25, 0.3) is 5.91 Å². The fraction of sp³-hybridized carbons (Fsp3) is 0.267. The van der Waals surface area contributed by atoms with Gasteiger partial charge in [0.2, 0.25) is 0 Å². The zero-order valence-electron chi connectivity index (χ0n) is 13.8. The van der Waals surface area contributed by atoms with Gasteiger partial charge in [0.15, 0.2) is 14.9 Å². The minimum atomic E-state index is -3.91. The van der Waals surface area contributed by atoms with Crippen molar-refractivity contribution < 1.29 is 27.5 Å². The topological polar surface area (TPSA) is 131 Å². The van der Waals surface area contributed by atoms with Crippen molar-refractivity contribution in [3.05, 3.63) is 35.4 Å². The molecule has 25 heavy (non-hydrogen) atoms. The Morgan fingerprint density at radius 2 is 1.84 bits per heavy atom. The number of ether oxygens (including phenoxy) is 2. The summed E-state index contributed by atoms with van der Waals surface area (Å²) in [6, 6.07) is 6.03. The highest BCUT2D eigenvalue weighted by molar-refractivity contribution is 7.90. The molecule has 0 spiro atoms. The normalized spacial score (nSPS) is 11.2. The molecule has 0 saturated carbocycles. The third-order valence-electron chi connectivity index (χ3n) is 3.25. The van der Waals surface area contributed by atoms with E-state index in [0.29, 0.717) is 10.4 Å². The molecule has 0 bridgehead atoms. The number of nitrogens with two attached hydrogens (primary N) is 1. The van der Waals surface area contributed by atoms with Crippen molar-refractivity contribution in [3.8, 4) is 5.75 Å². The number of sulfone groups is 1. The maximum Gasteiger partial charge on any atom is 0.344 e. The third kappa shape index (κ3) is 3.63.